The van der Waals surface area contributed by atoms with Gasteiger partial charge in [-0.2, -0.15) is 0 Å². The maximum atomic E-state index is 12.8. The summed E-state index contributed by atoms with van der Waals surface area (Å²) in [6.45, 7) is 4.33. The third kappa shape index (κ3) is 5.13. The summed E-state index contributed by atoms with van der Waals surface area (Å²) in [5.41, 5.74) is 5.64. The molecule has 1 fully saturated rings. The number of hydrogen-bond donors (Lipinski definition) is 1. The van der Waals surface area contributed by atoms with Crippen LogP contribution in [0.4, 0.5) is 4.39 Å². The number of hydrogen-bond acceptors (Lipinski definition) is 3. The van der Waals surface area contributed by atoms with Crippen molar-refractivity contribution in [2.24, 2.45) is 11.7 Å². The van der Waals surface area contributed by atoms with E-state index in [1.54, 1.807) is 11.8 Å². The van der Waals surface area contributed by atoms with Gasteiger partial charge in [-0.05, 0) is 62.5 Å². The van der Waals surface area contributed by atoms with Gasteiger partial charge in [-0.3, -0.25) is 0 Å². The van der Waals surface area contributed by atoms with Crippen LogP contribution in [0.2, 0.25) is 0 Å². The second-order valence-corrected chi connectivity index (χ2v) is 6.36. The van der Waals surface area contributed by atoms with Gasteiger partial charge in [0.2, 0.25) is 0 Å². The monoisotopic (exact) mass is 282 g/mol. The summed E-state index contributed by atoms with van der Waals surface area (Å²) >= 11 is 1.80. The summed E-state index contributed by atoms with van der Waals surface area (Å²) in [6.07, 6.45) is 3.78. The molecular weight excluding hydrogens is 259 g/mol. The van der Waals surface area contributed by atoms with Crippen molar-refractivity contribution in [3.8, 4) is 0 Å². The van der Waals surface area contributed by atoms with E-state index < -0.39 is 0 Å². The van der Waals surface area contributed by atoms with Crippen molar-refractivity contribution in [3.63, 3.8) is 0 Å². The van der Waals surface area contributed by atoms with Crippen molar-refractivity contribution in [3.05, 3.63) is 30.1 Å². The molecule has 0 amide bonds. The normalized spacial score (nSPS) is 20.6. The van der Waals surface area contributed by atoms with Gasteiger partial charge in [0.25, 0.3) is 0 Å². The predicted octanol–water partition coefficient (Wildman–Crippen LogP) is 2.98. The summed E-state index contributed by atoms with van der Waals surface area (Å²) in [6, 6.07) is 6.77. The van der Waals surface area contributed by atoms with Crippen molar-refractivity contribution in [2.45, 2.75) is 24.2 Å². The molecule has 1 saturated heterocycles. The standard InChI is InChI=1S/C15H23FN2S/c16-14-3-5-15(6-4-14)19-11-10-18-9-1-2-13(12-18)7-8-17/h3-6,13H,1-2,7-12,17H2. The van der Waals surface area contributed by atoms with Crippen LogP contribution in [0.3, 0.4) is 0 Å². The Bertz CT molecular complexity index is 367. The molecule has 0 bridgehead atoms. The van der Waals surface area contributed by atoms with Gasteiger partial charge in [-0.25, -0.2) is 4.39 Å². The van der Waals surface area contributed by atoms with E-state index in [-0.39, 0.29) is 5.82 Å². The smallest absolute Gasteiger partial charge is 0.123 e. The van der Waals surface area contributed by atoms with Crippen molar-refractivity contribution >= 4 is 11.8 Å². The van der Waals surface area contributed by atoms with Crippen LogP contribution >= 0.6 is 11.8 Å². The van der Waals surface area contributed by atoms with Crippen LogP contribution in [0, 0.1) is 11.7 Å². The molecule has 1 aliphatic rings. The van der Waals surface area contributed by atoms with Crippen molar-refractivity contribution in [1.82, 2.24) is 4.90 Å². The minimum atomic E-state index is -0.162. The number of likely N-dealkylation sites (tertiary alicyclic amines) is 1. The molecule has 2 N–H and O–H groups in total. The molecule has 106 valence electrons. The number of halogens is 1. The summed E-state index contributed by atoms with van der Waals surface area (Å²) < 4.78 is 12.8. The van der Waals surface area contributed by atoms with E-state index in [1.807, 2.05) is 12.1 Å². The second kappa shape index (κ2) is 7.88. The van der Waals surface area contributed by atoms with E-state index in [2.05, 4.69) is 4.90 Å². The van der Waals surface area contributed by atoms with Crippen LogP contribution in [0.15, 0.2) is 29.2 Å². The summed E-state index contributed by atoms with van der Waals surface area (Å²) in [5, 5.41) is 0. The Morgan fingerprint density at radius 3 is 2.84 bits per heavy atom. The molecule has 1 heterocycles. The van der Waals surface area contributed by atoms with Crippen LogP contribution in [0.5, 0.6) is 0 Å². The molecule has 2 nitrogen and oxygen atoms in total. The average Bonchev–Trinajstić information content (AvgIpc) is 2.42. The molecule has 1 unspecified atom stereocenters. The average molecular weight is 282 g/mol. The Balaban J connectivity index is 1.69. The highest BCUT2D eigenvalue weighted by molar-refractivity contribution is 7.99. The zero-order valence-electron chi connectivity index (χ0n) is 11.4. The molecule has 4 heteroatoms. The lowest BCUT2D eigenvalue weighted by Gasteiger charge is -2.32. The topological polar surface area (TPSA) is 29.3 Å². The number of nitrogens with two attached hydrogens (primary N) is 1. The number of piperidine rings is 1. The maximum absolute atomic E-state index is 12.8. The fraction of sp³-hybridized carbons (Fsp3) is 0.600. The Morgan fingerprint density at radius 1 is 1.32 bits per heavy atom. The van der Waals surface area contributed by atoms with Gasteiger partial charge in [0, 0.05) is 23.7 Å². The Labute approximate surface area is 119 Å². The molecule has 1 aromatic rings. The highest BCUT2D eigenvalue weighted by atomic mass is 32.2. The Kier molecular flexibility index (Phi) is 6.14. The Morgan fingerprint density at radius 2 is 2.11 bits per heavy atom. The molecule has 0 aromatic heterocycles. The van der Waals surface area contributed by atoms with Crippen LogP contribution in [0.1, 0.15) is 19.3 Å². The summed E-state index contributed by atoms with van der Waals surface area (Å²) in [5.74, 6) is 1.70. The molecule has 0 saturated carbocycles. The van der Waals surface area contributed by atoms with E-state index in [0.29, 0.717) is 0 Å². The van der Waals surface area contributed by atoms with Crippen LogP contribution < -0.4 is 5.73 Å². The fourth-order valence-electron chi connectivity index (χ4n) is 2.65. The third-order valence-electron chi connectivity index (χ3n) is 3.67. The van der Waals surface area contributed by atoms with Crippen molar-refractivity contribution < 1.29 is 4.39 Å². The first-order valence-electron chi connectivity index (χ1n) is 7.08. The molecule has 0 aliphatic carbocycles. The molecule has 1 atom stereocenters. The molecule has 0 radical (unpaired) electrons. The highest BCUT2D eigenvalue weighted by Gasteiger charge is 2.18. The quantitative estimate of drug-likeness (QED) is 0.813. The SMILES string of the molecule is NCCC1CCCN(CCSc2ccc(F)cc2)C1. The molecule has 1 aliphatic heterocycles. The first-order valence-corrected chi connectivity index (χ1v) is 8.07. The van der Waals surface area contributed by atoms with Gasteiger partial charge < -0.3 is 10.6 Å². The lowest BCUT2D eigenvalue weighted by Crippen LogP contribution is -2.37. The van der Waals surface area contributed by atoms with Gasteiger partial charge in [0.05, 0.1) is 0 Å². The van der Waals surface area contributed by atoms with Gasteiger partial charge >= 0.3 is 0 Å². The molecule has 1 aromatic carbocycles. The molecule has 0 spiro atoms. The third-order valence-corrected chi connectivity index (χ3v) is 4.66. The van der Waals surface area contributed by atoms with Crippen LogP contribution in [0.25, 0.3) is 0 Å². The van der Waals surface area contributed by atoms with E-state index in [1.165, 1.54) is 38.1 Å². The first kappa shape index (κ1) is 14.8. The van der Waals surface area contributed by atoms with E-state index in [9.17, 15) is 4.39 Å². The van der Waals surface area contributed by atoms with Crippen LogP contribution in [-0.2, 0) is 0 Å². The maximum Gasteiger partial charge on any atom is 0.123 e. The summed E-state index contributed by atoms with van der Waals surface area (Å²) in [4.78, 5) is 3.69. The Hall–Kier alpha value is -0.580. The van der Waals surface area contributed by atoms with Gasteiger partial charge in [0.1, 0.15) is 5.82 Å². The second-order valence-electron chi connectivity index (χ2n) is 5.19. The number of rotatable bonds is 6. The minimum Gasteiger partial charge on any atom is -0.330 e. The summed E-state index contributed by atoms with van der Waals surface area (Å²) in [7, 11) is 0. The number of thioether (sulfide) groups is 1. The van der Waals surface area contributed by atoms with Crippen molar-refractivity contribution in [1.29, 1.82) is 0 Å². The van der Waals surface area contributed by atoms with Crippen LogP contribution in [-0.4, -0.2) is 36.8 Å². The predicted molar refractivity (Wildman–Crippen MR) is 80.0 cm³/mol. The fourth-order valence-corrected chi connectivity index (χ4v) is 3.56. The van der Waals surface area contributed by atoms with E-state index in [4.69, 9.17) is 5.73 Å². The van der Waals surface area contributed by atoms with Gasteiger partial charge in [-0.15, -0.1) is 11.8 Å². The van der Waals surface area contributed by atoms with Gasteiger partial charge in [-0.1, -0.05) is 0 Å². The number of benzene rings is 1. The molecular formula is C15H23FN2S. The first-order chi connectivity index (χ1) is 9.28. The molecule has 2 rings (SSSR count). The minimum absolute atomic E-state index is 0.162. The number of nitrogens with zero attached hydrogens (tertiary/aromatic N) is 1. The zero-order valence-corrected chi connectivity index (χ0v) is 12.2. The highest BCUT2D eigenvalue weighted by Crippen LogP contribution is 2.21. The lowest BCUT2D eigenvalue weighted by molar-refractivity contribution is 0.179. The van der Waals surface area contributed by atoms with E-state index in [0.717, 1.165) is 36.1 Å². The molecule has 19 heavy (non-hydrogen) atoms. The largest absolute Gasteiger partial charge is 0.330 e. The van der Waals surface area contributed by atoms with Crippen molar-refractivity contribution in [2.75, 3.05) is 31.9 Å². The zero-order chi connectivity index (χ0) is 13.5. The lowest BCUT2D eigenvalue weighted by atomic mass is 9.95. The van der Waals surface area contributed by atoms with E-state index >= 15 is 0 Å². The van der Waals surface area contributed by atoms with Gasteiger partial charge in [0.15, 0.2) is 0 Å².